The Morgan fingerprint density at radius 3 is 2.67 bits per heavy atom. The second-order valence-electron chi connectivity index (χ2n) is 7.29. The van der Waals surface area contributed by atoms with E-state index in [-0.39, 0.29) is 12.0 Å². The summed E-state index contributed by atoms with van der Waals surface area (Å²) >= 11 is 0. The summed E-state index contributed by atoms with van der Waals surface area (Å²) in [5.74, 6) is 0.169. The molecule has 1 atom stereocenters. The minimum atomic E-state index is 0.122. The molecule has 0 aliphatic carbocycles. The van der Waals surface area contributed by atoms with Gasteiger partial charge in [-0.25, -0.2) is 4.68 Å². The highest BCUT2D eigenvalue weighted by Gasteiger charge is 2.25. The lowest BCUT2D eigenvalue weighted by molar-refractivity contribution is -0.131. The first-order chi connectivity index (χ1) is 13.3. The summed E-state index contributed by atoms with van der Waals surface area (Å²) in [6, 6.07) is 7.79. The van der Waals surface area contributed by atoms with Gasteiger partial charge in [0.2, 0.25) is 5.91 Å². The van der Waals surface area contributed by atoms with Gasteiger partial charge in [0.05, 0.1) is 18.2 Å². The van der Waals surface area contributed by atoms with Crippen molar-refractivity contribution in [2.45, 2.75) is 31.8 Å². The fraction of sp³-hybridized carbons (Fsp3) is 0.579. The van der Waals surface area contributed by atoms with Gasteiger partial charge >= 0.3 is 0 Å². The lowest BCUT2D eigenvalue weighted by Gasteiger charge is -2.27. The summed E-state index contributed by atoms with van der Waals surface area (Å²) in [5, 5.41) is 11.2. The van der Waals surface area contributed by atoms with Gasteiger partial charge in [-0.3, -0.25) is 4.79 Å². The molecule has 2 aliphatic rings. The smallest absolute Gasteiger partial charge is 0.227 e. The van der Waals surface area contributed by atoms with E-state index in [9.17, 15) is 4.79 Å². The topological polar surface area (TPSA) is 76.4 Å². The van der Waals surface area contributed by atoms with Gasteiger partial charge in [-0.15, -0.1) is 5.10 Å². The minimum Gasteiger partial charge on any atom is -0.375 e. The summed E-state index contributed by atoms with van der Waals surface area (Å²) in [7, 11) is 0. The first-order valence-corrected chi connectivity index (χ1v) is 9.72. The Labute approximate surface area is 159 Å². The normalized spacial score (nSPS) is 21.3. The number of hydrogen-bond acceptors (Lipinski definition) is 6. The number of hydrogen-bond donors (Lipinski definition) is 0. The van der Waals surface area contributed by atoms with Gasteiger partial charge in [0.15, 0.2) is 0 Å². The van der Waals surface area contributed by atoms with Crippen LogP contribution in [0.1, 0.15) is 24.8 Å². The first kappa shape index (κ1) is 18.1. The summed E-state index contributed by atoms with van der Waals surface area (Å²) < 4.78 is 7.59. The monoisotopic (exact) mass is 370 g/mol. The molecule has 8 heteroatoms. The van der Waals surface area contributed by atoms with Crippen LogP contribution in [0.3, 0.4) is 0 Å². The average Bonchev–Trinajstić information content (AvgIpc) is 3.34. The standard InChI is InChI=1S/C19H26N6O2/c26-19(12-16-4-6-17(7-5-16)25-15-20-21-22-25)24-10-3-11-27-18(14-24)13-23-8-1-2-9-23/h4-7,15,18H,1-3,8-14H2/t18-/m0/s1. The second kappa shape index (κ2) is 8.58. The molecule has 1 aromatic carbocycles. The third-order valence-corrected chi connectivity index (χ3v) is 5.27. The molecular weight excluding hydrogens is 344 g/mol. The molecule has 2 aliphatic heterocycles. The van der Waals surface area contributed by atoms with Crippen molar-refractivity contribution >= 4 is 5.91 Å². The van der Waals surface area contributed by atoms with Crippen molar-refractivity contribution in [2.75, 3.05) is 39.3 Å². The van der Waals surface area contributed by atoms with Crippen LogP contribution < -0.4 is 0 Å². The van der Waals surface area contributed by atoms with Crippen LogP contribution >= 0.6 is 0 Å². The molecule has 1 amide bonds. The van der Waals surface area contributed by atoms with Crippen molar-refractivity contribution in [1.82, 2.24) is 30.0 Å². The minimum absolute atomic E-state index is 0.122. The van der Waals surface area contributed by atoms with Gasteiger partial charge in [0.1, 0.15) is 6.33 Å². The van der Waals surface area contributed by atoms with Crippen molar-refractivity contribution < 1.29 is 9.53 Å². The number of carbonyl (C=O) groups is 1. The quantitative estimate of drug-likeness (QED) is 0.779. The van der Waals surface area contributed by atoms with E-state index in [0.29, 0.717) is 13.0 Å². The van der Waals surface area contributed by atoms with Crippen LogP contribution in [0, 0.1) is 0 Å². The van der Waals surface area contributed by atoms with Crippen molar-refractivity contribution in [2.24, 2.45) is 0 Å². The fourth-order valence-electron chi connectivity index (χ4n) is 3.82. The van der Waals surface area contributed by atoms with Crippen LogP contribution in [-0.4, -0.2) is 81.3 Å². The van der Waals surface area contributed by atoms with Crippen molar-refractivity contribution in [3.63, 3.8) is 0 Å². The van der Waals surface area contributed by atoms with Crippen LogP contribution in [-0.2, 0) is 16.0 Å². The number of amides is 1. The first-order valence-electron chi connectivity index (χ1n) is 9.72. The Kier molecular flexibility index (Phi) is 5.74. The van der Waals surface area contributed by atoms with Crippen LogP contribution in [0.2, 0.25) is 0 Å². The van der Waals surface area contributed by atoms with E-state index in [1.165, 1.54) is 12.8 Å². The molecule has 27 heavy (non-hydrogen) atoms. The molecule has 0 bridgehead atoms. The largest absolute Gasteiger partial charge is 0.375 e. The van der Waals surface area contributed by atoms with Crippen LogP contribution in [0.5, 0.6) is 0 Å². The predicted octanol–water partition coefficient (Wildman–Crippen LogP) is 0.918. The molecule has 8 nitrogen and oxygen atoms in total. The highest BCUT2D eigenvalue weighted by atomic mass is 16.5. The summed E-state index contributed by atoms with van der Waals surface area (Å²) in [6.45, 7) is 5.45. The van der Waals surface area contributed by atoms with Crippen molar-refractivity contribution in [1.29, 1.82) is 0 Å². The lowest BCUT2D eigenvalue weighted by atomic mass is 10.1. The number of ether oxygens (including phenoxy) is 1. The summed E-state index contributed by atoms with van der Waals surface area (Å²) in [6.07, 6.45) is 5.54. The molecule has 4 rings (SSSR count). The Bertz CT molecular complexity index is 727. The Hall–Kier alpha value is -2.32. The molecule has 144 valence electrons. The average molecular weight is 370 g/mol. The van der Waals surface area contributed by atoms with Gasteiger partial charge in [-0.1, -0.05) is 12.1 Å². The summed E-state index contributed by atoms with van der Waals surface area (Å²) in [5.41, 5.74) is 1.88. The van der Waals surface area contributed by atoms with E-state index in [4.69, 9.17) is 4.74 Å². The molecule has 0 radical (unpaired) electrons. The zero-order valence-corrected chi connectivity index (χ0v) is 15.5. The number of tetrazole rings is 1. The van der Waals surface area contributed by atoms with Crippen molar-refractivity contribution in [3.8, 4) is 5.69 Å². The molecule has 0 spiro atoms. The SMILES string of the molecule is O=C(Cc1ccc(-n2cnnn2)cc1)N1CCCO[C@@H](CN2CCCC2)C1. The third kappa shape index (κ3) is 4.70. The molecule has 2 fully saturated rings. The predicted molar refractivity (Wildman–Crippen MR) is 99.5 cm³/mol. The molecule has 1 aromatic heterocycles. The fourth-order valence-corrected chi connectivity index (χ4v) is 3.82. The van der Waals surface area contributed by atoms with Crippen molar-refractivity contribution in [3.05, 3.63) is 36.2 Å². The molecule has 0 saturated carbocycles. The number of carbonyl (C=O) groups excluding carboxylic acids is 1. The van der Waals surface area contributed by atoms with Crippen LogP contribution in [0.15, 0.2) is 30.6 Å². The van der Waals surface area contributed by atoms with Gasteiger partial charge in [-0.2, -0.15) is 0 Å². The van der Waals surface area contributed by atoms with Gasteiger partial charge in [0.25, 0.3) is 0 Å². The Morgan fingerprint density at radius 2 is 1.93 bits per heavy atom. The highest BCUT2D eigenvalue weighted by molar-refractivity contribution is 5.78. The summed E-state index contributed by atoms with van der Waals surface area (Å²) in [4.78, 5) is 17.3. The zero-order chi connectivity index (χ0) is 18.5. The van der Waals surface area contributed by atoms with Gasteiger partial charge < -0.3 is 14.5 Å². The maximum Gasteiger partial charge on any atom is 0.227 e. The van der Waals surface area contributed by atoms with Gasteiger partial charge in [0, 0.05) is 26.2 Å². The number of likely N-dealkylation sites (tertiary alicyclic amines) is 1. The molecule has 2 aromatic rings. The lowest BCUT2D eigenvalue weighted by Crippen LogP contribution is -2.42. The van der Waals surface area contributed by atoms with Crippen LogP contribution in [0.4, 0.5) is 0 Å². The van der Waals surface area contributed by atoms with E-state index in [0.717, 1.165) is 50.5 Å². The molecular formula is C19H26N6O2. The number of benzene rings is 1. The third-order valence-electron chi connectivity index (χ3n) is 5.27. The Morgan fingerprint density at radius 1 is 1.11 bits per heavy atom. The molecule has 0 N–H and O–H groups in total. The maximum atomic E-state index is 12.8. The number of rotatable bonds is 5. The van der Waals surface area contributed by atoms with E-state index in [2.05, 4.69) is 20.4 Å². The molecule has 2 saturated heterocycles. The van der Waals surface area contributed by atoms with E-state index in [1.807, 2.05) is 29.2 Å². The number of nitrogens with zero attached hydrogens (tertiary/aromatic N) is 6. The maximum absolute atomic E-state index is 12.8. The zero-order valence-electron chi connectivity index (χ0n) is 15.5. The van der Waals surface area contributed by atoms with E-state index < -0.39 is 0 Å². The van der Waals surface area contributed by atoms with Crippen LogP contribution in [0.25, 0.3) is 5.69 Å². The Balaban J connectivity index is 1.34. The van der Waals surface area contributed by atoms with E-state index >= 15 is 0 Å². The highest BCUT2D eigenvalue weighted by Crippen LogP contribution is 2.14. The number of aromatic nitrogens is 4. The van der Waals surface area contributed by atoms with E-state index in [1.54, 1.807) is 11.0 Å². The second-order valence-corrected chi connectivity index (χ2v) is 7.29. The molecule has 0 unspecified atom stereocenters. The van der Waals surface area contributed by atoms with Gasteiger partial charge in [-0.05, 0) is 60.5 Å². The molecule has 3 heterocycles.